The molecule has 0 bridgehead atoms. The Bertz CT molecular complexity index is 232. The molecule has 1 aliphatic carbocycles. The van der Waals surface area contributed by atoms with E-state index in [1.54, 1.807) is 0 Å². The summed E-state index contributed by atoms with van der Waals surface area (Å²) in [5.41, 5.74) is 0.513. The van der Waals surface area contributed by atoms with E-state index in [0.717, 1.165) is 19.1 Å². The zero-order valence-corrected chi connectivity index (χ0v) is 11.8. The average Bonchev–Trinajstić information content (AvgIpc) is 2.27. The quantitative estimate of drug-likeness (QED) is 0.796. The highest BCUT2D eigenvalue weighted by molar-refractivity contribution is 4.90. The lowest BCUT2D eigenvalue weighted by Crippen LogP contribution is -2.46. The second kappa shape index (κ2) is 5.27. The zero-order valence-electron chi connectivity index (χ0n) is 11.8. The van der Waals surface area contributed by atoms with Crippen molar-refractivity contribution in [2.45, 2.75) is 76.9 Å². The summed E-state index contributed by atoms with van der Waals surface area (Å²) in [6.07, 6.45) is 9.30. The van der Waals surface area contributed by atoms with Crippen LogP contribution in [0, 0.1) is 5.92 Å². The highest BCUT2D eigenvalue weighted by Gasteiger charge is 2.38. The molecule has 100 valence electrons. The Kier molecular flexibility index (Phi) is 4.14. The van der Waals surface area contributed by atoms with Gasteiger partial charge in [-0.3, -0.25) is 0 Å². The number of ether oxygens (including phenoxy) is 1. The van der Waals surface area contributed by atoms with Crippen molar-refractivity contribution in [3.05, 3.63) is 0 Å². The Hall–Kier alpha value is -0.0800. The Morgan fingerprint density at radius 3 is 2.53 bits per heavy atom. The van der Waals surface area contributed by atoms with E-state index in [2.05, 4.69) is 26.1 Å². The maximum absolute atomic E-state index is 6.14. The van der Waals surface area contributed by atoms with Crippen molar-refractivity contribution in [3.8, 4) is 0 Å². The normalized spacial score (nSPS) is 29.5. The molecule has 1 N–H and O–H groups in total. The summed E-state index contributed by atoms with van der Waals surface area (Å²) >= 11 is 0. The van der Waals surface area contributed by atoms with E-state index in [9.17, 15) is 0 Å². The molecule has 1 heterocycles. The first-order valence-corrected chi connectivity index (χ1v) is 7.38. The Morgan fingerprint density at radius 2 is 1.88 bits per heavy atom. The summed E-state index contributed by atoms with van der Waals surface area (Å²) in [7, 11) is 0. The molecule has 17 heavy (non-hydrogen) atoms. The average molecular weight is 239 g/mol. The van der Waals surface area contributed by atoms with Gasteiger partial charge in [0, 0.05) is 12.1 Å². The number of nitrogens with one attached hydrogen (secondary N) is 1. The van der Waals surface area contributed by atoms with Crippen molar-refractivity contribution < 1.29 is 4.74 Å². The van der Waals surface area contributed by atoms with Gasteiger partial charge >= 0.3 is 0 Å². The van der Waals surface area contributed by atoms with Gasteiger partial charge < -0.3 is 10.1 Å². The van der Waals surface area contributed by atoms with E-state index < -0.39 is 0 Å². The van der Waals surface area contributed by atoms with Crippen molar-refractivity contribution >= 4 is 0 Å². The lowest BCUT2D eigenvalue weighted by Gasteiger charge is -2.44. The van der Waals surface area contributed by atoms with Crippen molar-refractivity contribution in [3.63, 3.8) is 0 Å². The SMILES string of the molecule is CC(C)(C)NCC1CCOC2(CCCCC2)C1. The molecule has 0 aromatic carbocycles. The van der Waals surface area contributed by atoms with Gasteiger partial charge in [-0.1, -0.05) is 19.3 Å². The topological polar surface area (TPSA) is 21.3 Å². The van der Waals surface area contributed by atoms with Crippen LogP contribution in [-0.2, 0) is 4.74 Å². The van der Waals surface area contributed by atoms with Gasteiger partial charge in [-0.05, 0) is 58.9 Å². The van der Waals surface area contributed by atoms with Crippen LogP contribution < -0.4 is 5.32 Å². The van der Waals surface area contributed by atoms with Gasteiger partial charge in [-0.25, -0.2) is 0 Å². The fourth-order valence-corrected chi connectivity index (χ4v) is 3.30. The molecule has 1 spiro atoms. The molecule has 1 saturated heterocycles. The largest absolute Gasteiger partial charge is 0.375 e. The third-order valence-electron chi connectivity index (χ3n) is 4.28. The molecule has 1 saturated carbocycles. The van der Waals surface area contributed by atoms with Gasteiger partial charge in [0.15, 0.2) is 0 Å². The Morgan fingerprint density at radius 1 is 1.18 bits per heavy atom. The van der Waals surface area contributed by atoms with Crippen LogP contribution in [0.1, 0.15) is 65.7 Å². The molecule has 0 amide bonds. The summed E-state index contributed by atoms with van der Waals surface area (Å²) in [5.74, 6) is 0.820. The second-order valence-electron chi connectivity index (χ2n) is 7.08. The minimum Gasteiger partial charge on any atom is -0.375 e. The lowest BCUT2D eigenvalue weighted by molar-refractivity contribution is -0.117. The van der Waals surface area contributed by atoms with Crippen molar-refractivity contribution in [2.75, 3.05) is 13.2 Å². The Balaban J connectivity index is 1.84. The number of rotatable bonds is 2. The van der Waals surface area contributed by atoms with Crippen LogP contribution in [0.5, 0.6) is 0 Å². The molecule has 1 aliphatic heterocycles. The first-order chi connectivity index (χ1) is 7.99. The third kappa shape index (κ3) is 3.96. The standard InChI is InChI=1S/C15H29NO/c1-14(2,3)16-12-13-7-10-17-15(11-13)8-5-4-6-9-15/h13,16H,4-12H2,1-3H3. The van der Waals surface area contributed by atoms with Gasteiger partial charge in [0.1, 0.15) is 0 Å². The molecule has 1 unspecified atom stereocenters. The minimum atomic E-state index is 0.248. The summed E-state index contributed by atoms with van der Waals surface area (Å²) in [6.45, 7) is 8.90. The van der Waals surface area contributed by atoms with Gasteiger partial charge in [0.05, 0.1) is 5.60 Å². The number of hydrogen-bond donors (Lipinski definition) is 1. The zero-order chi connectivity index (χ0) is 12.4. The maximum Gasteiger partial charge on any atom is 0.0685 e. The maximum atomic E-state index is 6.14. The molecule has 0 aromatic rings. The summed E-state index contributed by atoms with van der Waals surface area (Å²) in [6, 6.07) is 0. The molecule has 2 nitrogen and oxygen atoms in total. The van der Waals surface area contributed by atoms with Crippen molar-refractivity contribution in [1.29, 1.82) is 0 Å². The van der Waals surface area contributed by atoms with Crippen LogP contribution in [0.25, 0.3) is 0 Å². The molecule has 2 fully saturated rings. The molecular formula is C15H29NO. The second-order valence-corrected chi connectivity index (χ2v) is 7.08. The molecule has 2 aliphatic rings. The van der Waals surface area contributed by atoms with Crippen LogP contribution in [0.3, 0.4) is 0 Å². The van der Waals surface area contributed by atoms with Crippen LogP contribution in [0.2, 0.25) is 0 Å². The van der Waals surface area contributed by atoms with Gasteiger partial charge in [-0.15, -0.1) is 0 Å². The van der Waals surface area contributed by atoms with E-state index in [1.165, 1.54) is 44.9 Å². The molecule has 0 aromatic heterocycles. The van der Waals surface area contributed by atoms with Crippen LogP contribution in [-0.4, -0.2) is 24.3 Å². The van der Waals surface area contributed by atoms with E-state index in [-0.39, 0.29) is 11.1 Å². The van der Waals surface area contributed by atoms with E-state index in [4.69, 9.17) is 4.74 Å². The van der Waals surface area contributed by atoms with E-state index in [0.29, 0.717) is 0 Å². The van der Waals surface area contributed by atoms with E-state index >= 15 is 0 Å². The molecular weight excluding hydrogens is 210 g/mol. The fraction of sp³-hybridized carbons (Fsp3) is 1.00. The van der Waals surface area contributed by atoms with Crippen molar-refractivity contribution in [2.24, 2.45) is 5.92 Å². The lowest BCUT2D eigenvalue weighted by atomic mass is 9.76. The summed E-state index contributed by atoms with van der Waals surface area (Å²) < 4.78 is 6.14. The fourth-order valence-electron chi connectivity index (χ4n) is 3.30. The van der Waals surface area contributed by atoms with Gasteiger partial charge in [-0.2, -0.15) is 0 Å². The number of hydrogen-bond acceptors (Lipinski definition) is 2. The van der Waals surface area contributed by atoms with Crippen LogP contribution in [0.15, 0.2) is 0 Å². The van der Waals surface area contributed by atoms with E-state index in [1.807, 2.05) is 0 Å². The smallest absolute Gasteiger partial charge is 0.0685 e. The highest BCUT2D eigenvalue weighted by Crippen LogP contribution is 2.40. The molecule has 1 atom stereocenters. The van der Waals surface area contributed by atoms with Gasteiger partial charge in [0.25, 0.3) is 0 Å². The first kappa shape index (κ1) is 13.4. The molecule has 2 rings (SSSR count). The monoisotopic (exact) mass is 239 g/mol. The Labute approximate surface area is 107 Å². The van der Waals surface area contributed by atoms with Crippen molar-refractivity contribution in [1.82, 2.24) is 5.32 Å². The molecule has 2 heteroatoms. The first-order valence-electron chi connectivity index (χ1n) is 7.38. The third-order valence-corrected chi connectivity index (χ3v) is 4.28. The summed E-state index contributed by atoms with van der Waals surface area (Å²) in [5, 5.41) is 3.66. The highest BCUT2D eigenvalue weighted by atomic mass is 16.5. The van der Waals surface area contributed by atoms with Crippen LogP contribution in [0.4, 0.5) is 0 Å². The predicted molar refractivity (Wildman–Crippen MR) is 72.2 cm³/mol. The van der Waals surface area contributed by atoms with Crippen LogP contribution >= 0.6 is 0 Å². The molecule has 0 radical (unpaired) electrons. The minimum absolute atomic E-state index is 0.248. The predicted octanol–water partition coefficient (Wildman–Crippen LogP) is 3.50. The van der Waals surface area contributed by atoms with Gasteiger partial charge in [0.2, 0.25) is 0 Å². The summed E-state index contributed by atoms with van der Waals surface area (Å²) in [4.78, 5) is 0.